The summed E-state index contributed by atoms with van der Waals surface area (Å²) in [6, 6.07) is 7.03. The van der Waals surface area contributed by atoms with Gasteiger partial charge in [0.2, 0.25) is 0 Å². The molecule has 1 saturated heterocycles. The molecule has 1 aliphatic rings. The van der Waals surface area contributed by atoms with E-state index < -0.39 is 5.97 Å². The maximum absolute atomic E-state index is 12.4. The predicted octanol–water partition coefficient (Wildman–Crippen LogP) is 2.96. The molecule has 1 fully saturated rings. The zero-order valence-electron chi connectivity index (χ0n) is 16.7. The lowest BCUT2D eigenvalue weighted by atomic mass is 9.92. The Balaban J connectivity index is 1.60. The highest BCUT2D eigenvalue weighted by Gasteiger charge is 2.26. The minimum absolute atomic E-state index is 0.131. The molecule has 2 atom stereocenters. The van der Waals surface area contributed by atoms with Crippen LogP contribution in [0.2, 0.25) is 0 Å². The zero-order valence-corrected chi connectivity index (χ0v) is 17.5. The smallest absolute Gasteiger partial charge is 0.338 e. The van der Waals surface area contributed by atoms with E-state index in [-0.39, 0.29) is 12.5 Å². The van der Waals surface area contributed by atoms with Crippen LogP contribution in [0.4, 0.5) is 0 Å². The van der Waals surface area contributed by atoms with Crippen LogP contribution in [-0.4, -0.2) is 57.5 Å². The average molecular weight is 403 g/mol. The Labute approximate surface area is 169 Å². The number of ether oxygens (including phenoxy) is 1. The van der Waals surface area contributed by atoms with Crippen LogP contribution in [0.1, 0.15) is 36.5 Å². The topological polar surface area (TPSA) is 77.3 Å². The van der Waals surface area contributed by atoms with Crippen molar-refractivity contribution in [3.8, 4) is 5.69 Å². The van der Waals surface area contributed by atoms with Gasteiger partial charge in [0, 0.05) is 18.8 Å². The molecule has 0 N–H and O–H groups in total. The first-order valence-corrected chi connectivity index (χ1v) is 10.6. The molecule has 2 aromatic rings. The second-order valence-electron chi connectivity index (χ2n) is 7.44. The first-order valence-electron chi connectivity index (χ1n) is 9.40. The minimum atomic E-state index is -0.497. The third-order valence-corrected chi connectivity index (χ3v) is 5.52. The number of esters is 1. The molecule has 2 heterocycles. The summed E-state index contributed by atoms with van der Waals surface area (Å²) in [6.07, 6.45) is 3.06. The van der Waals surface area contributed by atoms with Gasteiger partial charge in [-0.15, -0.1) is 10.2 Å². The van der Waals surface area contributed by atoms with Gasteiger partial charge in [-0.25, -0.2) is 4.79 Å². The van der Waals surface area contributed by atoms with Crippen LogP contribution in [0.5, 0.6) is 0 Å². The van der Waals surface area contributed by atoms with E-state index in [0.29, 0.717) is 17.4 Å². The molecule has 3 rings (SSSR count). The van der Waals surface area contributed by atoms with Crippen molar-refractivity contribution in [3.63, 3.8) is 0 Å². The summed E-state index contributed by atoms with van der Waals surface area (Å²) in [4.78, 5) is 26.5. The van der Waals surface area contributed by atoms with Crippen LogP contribution in [0.3, 0.4) is 0 Å². The van der Waals surface area contributed by atoms with Gasteiger partial charge >= 0.3 is 5.97 Å². The molecule has 1 aromatic carbocycles. The van der Waals surface area contributed by atoms with Crippen molar-refractivity contribution in [2.75, 3.05) is 26.0 Å². The van der Waals surface area contributed by atoms with Crippen molar-refractivity contribution < 1.29 is 14.3 Å². The molecule has 1 amide bonds. The Bertz CT molecular complexity index is 840. The summed E-state index contributed by atoms with van der Waals surface area (Å²) >= 11 is 1.50. The highest BCUT2D eigenvalue weighted by atomic mass is 32.2. The van der Waals surface area contributed by atoms with Crippen molar-refractivity contribution in [3.05, 3.63) is 35.7 Å². The Morgan fingerprint density at radius 2 is 1.79 bits per heavy atom. The summed E-state index contributed by atoms with van der Waals surface area (Å²) in [5.74, 6) is 1.10. The van der Waals surface area contributed by atoms with Crippen LogP contribution < -0.4 is 0 Å². The molecule has 2 unspecified atom stereocenters. The van der Waals surface area contributed by atoms with Crippen LogP contribution in [-0.2, 0) is 9.53 Å². The lowest BCUT2D eigenvalue weighted by Gasteiger charge is -2.34. The number of carbonyl (C=O) groups is 2. The number of piperidine rings is 1. The normalized spacial score (nSPS) is 19.5. The lowest BCUT2D eigenvalue weighted by molar-refractivity contribution is -0.137. The van der Waals surface area contributed by atoms with Gasteiger partial charge in [-0.1, -0.05) is 25.6 Å². The van der Waals surface area contributed by atoms with E-state index in [1.54, 1.807) is 17.0 Å². The predicted molar refractivity (Wildman–Crippen MR) is 108 cm³/mol. The van der Waals surface area contributed by atoms with E-state index >= 15 is 0 Å². The second kappa shape index (κ2) is 8.77. The number of aromatic nitrogens is 3. The van der Waals surface area contributed by atoms with E-state index in [1.807, 2.05) is 29.9 Å². The van der Waals surface area contributed by atoms with E-state index in [1.165, 1.54) is 11.8 Å². The van der Waals surface area contributed by atoms with Gasteiger partial charge in [-0.05, 0) is 55.7 Å². The highest BCUT2D eigenvalue weighted by Crippen LogP contribution is 2.22. The maximum Gasteiger partial charge on any atom is 0.338 e. The molecule has 0 spiro atoms. The molecule has 28 heavy (non-hydrogen) atoms. The largest absolute Gasteiger partial charge is 0.452 e. The number of hydrogen-bond acceptors (Lipinski definition) is 6. The van der Waals surface area contributed by atoms with Gasteiger partial charge in [0.1, 0.15) is 5.82 Å². The third-order valence-electron chi connectivity index (χ3n) is 4.89. The number of likely N-dealkylation sites (tertiary alicyclic amines) is 1. The van der Waals surface area contributed by atoms with Crippen molar-refractivity contribution >= 4 is 23.6 Å². The van der Waals surface area contributed by atoms with Crippen LogP contribution >= 0.6 is 11.8 Å². The molecule has 0 aliphatic carbocycles. The Hall–Kier alpha value is -2.35. The van der Waals surface area contributed by atoms with Crippen molar-refractivity contribution in [2.24, 2.45) is 11.8 Å². The van der Waals surface area contributed by atoms with Crippen LogP contribution in [0, 0.1) is 18.8 Å². The van der Waals surface area contributed by atoms with Gasteiger partial charge in [-0.2, -0.15) is 0 Å². The number of thioether (sulfide) groups is 1. The fraction of sp³-hybridized carbons (Fsp3) is 0.500. The molecule has 0 radical (unpaired) electrons. The molecule has 150 valence electrons. The molecule has 7 nitrogen and oxygen atoms in total. The second-order valence-corrected chi connectivity index (χ2v) is 8.21. The molecular formula is C20H26N4O3S. The lowest BCUT2D eigenvalue weighted by Crippen LogP contribution is -2.44. The van der Waals surface area contributed by atoms with Crippen molar-refractivity contribution in [2.45, 2.75) is 32.3 Å². The fourth-order valence-corrected chi connectivity index (χ4v) is 4.23. The van der Waals surface area contributed by atoms with E-state index in [2.05, 4.69) is 24.0 Å². The molecular weight excluding hydrogens is 376 g/mol. The van der Waals surface area contributed by atoms with Crippen LogP contribution in [0.15, 0.2) is 29.4 Å². The summed E-state index contributed by atoms with van der Waals surface area (Å²) < 4.78 is 7.17. The van der Waals surface area contributed by atoms with Gasteiger partial charge in [0.05, 0.1) is 5.56 Å². The quantitative estimate of drug-likeness (QED) is 0.565. The first kappa shape index (κ1) is 20.4. The van der Waals surface area contributed by atoms with Crippen molar-refractivity contribution in [1.82, 2.24) is 19.7 Å². The number of amides is 1. The third kappa shape index (κ3) is 4.55. The summed E-state index contributed by atoms with van der Waals surface area (Å²) in [5, 5.41) is 8.98. The van der Waals surface area contributed by atoms with Gasteiger partial charge in [0.25, 0.3) is 5.91 Å². The van der Waals surface area contributed by atoms with E-state index in [0.717, 1.165) is 36.2 Å². The number of benzene rings is 1. The highest BCUT2D eigenvalue weighted by molar-refractivity contribution is 7.98. The number of nitrogens with zero attached hydrogens (tertiary/aromatic N) is 4. The average Bonchev–Trinajstić information content (AvgIpc) is 3.05. The van der Waals surface area contributed by atoms with Gasteiger partial charge < -0.3 is 9.64 Å². The molecule has 0 saturated carbocycles. The molecule has 0 bridgehead atoms. The zero-order chi connectivity index (χ0) is 20.3. The number of carbonyl (C=O) groups excluding carboxylic acids is 2. The van der Waals surface area contributed by atoms with Gasteiger partial charge in [-0.3, -0.25) is 9.36 Å². The summed E-state index contributed by atoms with van der Waals surface area (Å²) in [5.41, 5.74) is 1.28. The molecule has 8 heteroatoms. The first-order chi connectivity index (χ1) is 13.4. The standard InChI is InChI=1S/C20H26N4O3S/c1-13-9-14(2)11-23(10-13)18(25)12-27-19(26)16-5-7-17(8-6-16)24-15(3)21-22-20(24)28-4/h5-8,13-14H,9-12H2,1-4H3. The maximum atomic E-state index is 12.4. The fourth-order valence-electron chi connectivity index (χ4n) is 3.69. The SMILES string of the molecule is CSc1nnc(C)n1-c1ccc(C(=O)OCC(=O)N2CC(C)CC(C)C2)cc1. The monoisotopic (exact) mass is 402 g/mol. The van der Waals surface area contributed by atoms with E-state index in [4.69, 9.17) is 4.74 Å². The minimum Gasteiger partial charge on any atom is -0.452 e. The van der Waals surface area contributed by atoms with Crippen molar-refractivity contribution in [1.29, 1.82) is 0 Å². The molecule has 1 aromatic heterocycles. The molecule has 1 aliphatic heterocycles. The number of hydrogen-bond donors (Lipinski definition) is 0. The Morgan fingerprint density at radius 1 is 1.14 bits per heavy atom. The number of rotatable bonds is 5. The van der Waals surface area contributed by atoms with Gasteiger partial charge in [0.15, 0.2) is 11.8 Å². The number of aryl methyl sites for hydroxylation is 1. The van der Waals surface area contributed by atoms with E-state index in [9.17, 15) is 9.59 Å². The van der Waals surface area contributed by atoms with Crippen LogP contribution in [0.25, 0.3) is 5.69 Å². The summed E-state index contributed by atoms with van der Waals surface area (Å²) in [7, 11) is 0. The Kier molecular flexibility index (Phi) is 6.39. The Morgan fingerprint density at radius 3 is 2.39 bits per heavy atom. The summed E-state index contributed by atoms with van der Waals surface area (Å²) in [6.45, 7) is 7.40.